The van der Waals surface area contributed by atoms with Crippen molar-refractivity contribution < 1.29 is 9.72 Å². The Morgan fingerprint density at radius 1 is 1.21 bits per heavy atom. The number of nitrogens with one attached hydrogen (secondary N) is 1. The first-order valence-electron chi connectivity index (χ1n) is 7.46. The lowest BCUT2D eigenvalue weighted by atomic mass is 9.87. The van der Waals surface area contributed by atoms with Crippen molar-refractivity contribution in [3.8, 4) is 0 Å². The van der Waals surface area contributed by atoms with Crippen molar-refractivity contribution in [2.75, 3.05) is 5.32 Å². The highest BCUT2D eigenvalue weighted by molar-refractivity contribution is 9.10. The van der Waals surface area contributed by atoms with E-state index in [1.165, 1.54) is 12.1 Å². The first-order valence-corrected chi connectivity index (χ1v) is 8.26. The van der Waals surface area contributed by atoms with Gasteiger partial charge >= 0.3 is 0 Å². The van der Waals surface area contributed by atoms with E-state index < -0.39 is 4.92 Å². The summed E-state index contributed by atoms with van der Waals surface area (Å²) in [4.78, 5) is 23.0. The van der Waals surface area contributed by atoms with Crippen LogP contribution in [0.15, 0.2) is 40.9 Å². The normalized spacial score (nSPS) is 11.2. The molecule has 0 aromatic heterocycles. The Kier molecular flexibility index (Phi) is 5.08. The van der Waals surface area contributed by atoms with E-state index in [9.17, 15) is 14.9 Å². The zero-order valence-electron chi connectivity index (χ0n) is 14.0. The Morgan fingerprint density at radius 2 is 1.88 bits per heavy atom. The van der Waals surface area contributed by atoms with Crippen molar-refractivity contribution >= 4 is 33.2 Å². The Bertz CT molecular complexity index is 810. The van der Waals surface area contributed by atoms with Gasteiger partial charge in [0.15, 0.2) is 0 Å². The number of nitrogens with zero attached hydrogens (tertiary/aromatic N) is 1. The zero-order valence-corrected chi connectivity index (χ0v) is 15.6. The van der Waals surface area contributed by atoms with Crippen LogP contribution in [0, 0.1) is 17.0 Å². The fourth-order valence-electron chi connectivity index (χ4n) is 2.34. The molecule has 1 N–H and O–H groups in total. The second-order valence-electron chi connectivity index (χ2n) is 6.61. The van der Waals surface area contributed by atoms with Gasteiger partial charge in [-0.3, -0.25) is 14.9 Å². The molecule has 0 aliphatic heterocycles. The summed E-state index contributed by atoms with van der Waals surface area (Å²) in [5.74, 6) is -0.375. The molecular formula is C18H19BrN2O3. The molecule has 0 atom stereocenters. The van der Waals surface area contributed by atoms with Crippen LogP contribution in [0.1, 0.15) is 42.3 Å². The molecule has 0 heterocycles. The maximum atomic E-state index is 12.5. The number of nitro groups is 1. The van der Waals surface area contributed by atoms with E-state index in [1.807, 2.05) is 18.2 Å². The minimum absolute atomic E-state index is 0.00168. The van der Waals surface area contributed by atoms with Gasteiger partial charge in [0.1, 0.15) is 0 Å². The highest BCUT2D eigenvalue weighted by Gasteiger charge is 2.19. The molecule has 2 rings (SSSR count). The number of carbonyl (C=O) groups is 1. The van der Waals surface area contributed by atoms with Crippen LogP contribution in [-0.4, -0.2) is 10.8 Å². The van der Waals surface area contributed by atoms with Crippen LogP contribution in [0.3, 0.4) is 0 Å². The standard InChI is InChI=1S/C18H19BrN2O3/c1-11-13(6-5-7-16(11)21(23)24)17(22)20-15-9-8-12(10-14(15)19)18(2,3)4/h5-10H,1-4H3,(H,20,22). The third-order valence-corrected chi connectivity index (χ3v) is 4.49. The SMILES string of the molecule is Cc1c(C(=O)Nc2ccc(C(C)(C)C)cc2Br)cccc1[N+](=O)[O-]. The quantitative estimate of drug-likeness (QED) is 0.576. The second-order valence-corrected chi connectivity index (χ2v) is 7.46. The third kappa shape index (κ3) is 3.82. The predicted molar refractivity (Wildman–Crippen MR) is 98.6 cm³/mol. The fourth-order valence-corrected chi connectivity index (χ4v) is 2.82. The van der Waals surface area contributed by atoms with Crippen molar-refractivity contribution in [1.82, 2.24) is 0 Å². The summed E-state index contributed by atoms with van der Waals surface area (Å²) in [7, 11) is 0. The maximum absolute atomic E-state index is 12.5. The lowest BCUT2D eigenvalue weighted by Crippen LogP contribution is -2.15. The van der Waals surface area contributed by atoms with Gasteiger partial charge in [-0.25, -0.2) is 0 Å². The molecule has 0 aliphatic rings. The molecule has 2 aromatic carbocycles. The molecule has 0 spiro atoms. The molecular weight excluding hydrogens is 372 g/mol. The van der Waals surface area contributed by atoms with E-state index in [0.29, 0.717) is 11.3 Å². The minimum atomic E-state index is -0.486. The highest BCUT2D eigenvalue weighted by atomic mass is 79.9. The lowest BCUT2D eigenvalue weighted by Gasteiger charge is -2.20. The summed E-state index contributed by atoms with van der Waals surface area (Å²) in [5.41, 5.74) is 2.34. The summed E-state index contributed by atoms with van der Waals surface area (Å²) in [5, 5.41) is 13.8. The van der Waals surface area contributed by atoms with Gasteiger partial charge < -0.3 is 5.32 Å². The molecule has 24 heavy (non-hydrogen) atoms. The molecule has 1 amide bonds. The number of carbonyl (C=O) groups excluding carboxylic acids is 1. The van der Waals surface area contributed by atoms with Gasteiger partial charge in [0.2, 0.25) is 0 Å². The first-order chi connectivity index (χ1) is 11.1. The van der Waals surface area contributed by atoms with Crippen molar-refractivity contribution in [3.05, 3.63) is 67.7 Å². The number of rotatable bonds is 3. The van der Waals surface area contributed by atoms with Crippen molar-refractivity contribution in [3.63, 3.8) is 0 Å². The van der Waals surface area contributed by atoms with Crippen LogP contribution in [0.5, 0.6) is 0 Å². The third-order valence-electron chi connectivity index (χ3n) is 3.83. The van der Waals surface area contributed by atoms with Gasteiger partial charge in [-0.15, -0.1) is 0 Å². The lowest BCUT2D eigenvalue weighted by molar-refractivity contribution is -0.385. The van der Waals surface area contributed by atoms with Gasteiger partial charge in [0.05, 0.1) is 10.6 Å². The summed E-state index contributed by atoms with van der Waals surface area (Å²) in [6.45, 7) is 7.91. The average Bonchev–Trinajstić information content (AvgIpc) is 2.48. The van der Waals surface area contributed by atoms with Crippen LogP contribution < -0.4 is 5.32 Å². The van der Waals surface area contributed by atoms with E-state index in [2.05, 4.69) is 42.0 Å². The monoisotopic (exact) mass is 390 g/mol. The van der Waals surface area contributed by atoms with Gasteiger partial charge in [0.25, 0.3) is 11.6 Å². The van der Waals surface area contributed by atoms with Crippen LogP contribution in [-0.2, 0) is 5.41 Å². The van der Waals surface area contributed by atoms with E-state index in [-0.39, 0.29) is 22.6 Å². The molecule has 0 unspecified atom stereocenters. The van der Waals surface area contributed by atoms with E-state index in [0.717, 1.165) is 10.0 Å². The van der Waals surface area contributed by atoms with E-state index >= 15 is 0 Å². The summed E-state index contributed by atoms with van der Waals surface area (Å²) < 4.78 is 0.770. The Morgan fingerprint density at radius 3 is 2.42 bits per heavy atom. The first kappa shape index (κ1) is 18.1. The molecule has 5 nitrogen and oxygen atoms in total. The van der Waals surface area contributed by atoms with Crippen molar-refractivity contribution in [2.24, 2.45) is 0 Å². The van der Waals surface area contributed by atoms with E-state index in [1.54, 1.807) is 13.0 Å². The van der Waals surface area contributed by atoms with Crippen LogP contribution >= 0.6 is 15.9 Å². The topological polar surface area (TPSA) is 72.2 Å². The molecule has 6 heteroatoms. The number of nitro benzene ring substituents is 1. The number of amides is 1. The fraction of sp³-hybridized carbons (Fsp3) is 0.278. The zero-order chi connectivity index (χ0) is 18.1. The maximum Gasteiger partial charge on any atom is 0.273 e. The largest absolute Gasteiger partial charge is 0.321 e. The molecule has 126 valence electrons. The second kappa shape index (κ2) is 6.73. The number of hydrogen-bond donors (Lipinski definition) is 1. The summed E-state index contributed by atoms with van der Waals surface area (Å²) >= 11 is 3.47. The Balaban J connectivity index is 2.31. The molecule has 0 saturated carbocycles. The Hall–Kier alpha value is -2.21. The predicted octanol–water partition coefficient (Wildman–Crippen LogP) is 5.22. The highest BCUT2D eigenvalue weighted by Crippen LogP contribution is 2.31. The van der Waals surface area contributed by atoms with E-state index in [4.69, 9.17) is 0 Å². The number of anilines is 1. The molecule has 2 aromatic rings. The number of hydrogen-bond acceptors (Lipinski definition) is 3. The number of halogens is 1. The van der Waals surface area contributed by atoms with Gasteiger partial charge in [-0.1, -0.05) is 32.9 Å². The van der Waals surface area contributed by atoms with Crippen LogP contribution in [0.2, 0.25) is 0 Å². The molecule has 0 radical (unpaired) electrons. The van der Waals surface area contributed by atoms with Gasteiger partial charge in [-0.2, -0.15) is 0 Å². The van der Waals surface area contributed by atoms with Crippen molar-refractivity contribution in [2.45, 2.75) is 33.1 Å². The minimum Gasteiger partial charge on any atom is -0.321 e. The van der Waals surface area contributed by atoms with Gasteiger partial charge in [0, 0.05) is 21.7 Å². The van der Waals surface area contributed by atoms with Crippen LogP contribution in [0.25, 0.3) is 0 Å². The molecule has 0 saturated heterocycles. The smallest absolute Gasteiger partial charge is 0.273 e. The summed E-state index contributed by atoms with van der Waals surface area (Å²) in [6.07, 6.45) is 0. The molecule has 0 fully saturated rings. The van der Waals surface area contributed by atoms with Gasteiger partial charge in [-0.05, 0) is 52.0 Å². The number of benzene rings is 2. The summed E-state index contributed by atoms with van der Waals surface area (Å²) in [6, 6.07) is 10.2. The molecule has 0 aliphatic carbocycles. The van der Waals surface area contributed by atoms with Crippen LogP contribution in [0.4, 0.5) is 11.4 Å². The van der Waals surface area contributed by atoms with Crippen molar-refractivity contribution in [1.29, 1.82) is 0 Å². The average molecular weight is 391 g/mol. The Labute approximate surface area is 149 Å². The molecule has 0 bridgehead atoms.